The lowest BCUT2D eigenvalue weighted by Gasteiger charge is -2.14. The van der Waals surface area contributed by atoms with Crippen LogP contribution in [0.5, 0.6) is 5.75 Å². The van der Waals surface area contributed by atoms with E-state index in [1.807, 2.05) is 24.3 Å². The van der Waals surface area contributed by atoms with E-state index in [0.29, 0.717) is 22.9 Å². The van der Waals surface area contributed by atoms with Crippen molar-refractivity contribution in [1.29, 1.82) is 0 Å². The van der Waals surface area contributed by atoms with Crippen molar-refractivity contribution in [2.24, 2.45) is 0 Å². The van der Waals surface area contributed by atoms with Gasteiger partial charge in [-0.15, -0.1) is 0 Å². The first kappa shape index (κ1) is 16.6. The normalized spacial score (nSPS) is 12.2. The highest BCUT2D eigenvalue weighted by molar-refractivity contribution is 9.10. The minimum atomic E-state index is -0.523. The van der Waals surface area contributed by atoms with Crippen LogP contribution in [-0.2, 0) is 12.8 Å². The second-order valence-corrected chi connectivity index (χ2v) is 6.50. The van der Waals surface area contributed by atoms with Crippen LogP contribution in [-0.4, -0.2) is 18.3 Å². The predicted molar refractivity (Wildman–Crippen MR) is 90.6 cm³/mol. The molecule has 0 amide bonds. The highest BCUT2D eigenvalue weighted by Crippen LogP contribution is 2.26. The third-order valence-corrected chi connectivity index (χ3v) is 4.39. The van der Waals surface area contributed by atoms with Crippen LogP contribution in [0.4, 0.5) is 0 Å². The number of halogens is 3. The number of methoxy groups -OCH3 is 1. The molecule has 1 unspecified atom stereocenters. The van der Waals surface area contributed by atoms with Crippen molar-refractivity contribution in [2.45, 2.75) is 18.9 Å². The minimum Gasteiger partial charge on any atom is -0.496 e. The molecule has 0 radical (unpaired) electrons. The van der Waals surface area contributed by atoms with Crippen LogP contribution in [0.3, 0.4) is 0 Å². The van der Waals surface area contributed by atoms with Gasteiger partial charge in [0.05, 0.1) is 23.3 Å². The number of aliphatic hydroxyl groups is 1. The molecule has 1 N–H and O–H groups in total. The quantitative estimate of drug-likeness (QED) is 0.787. The summed E-state index contributed by atoms with van der Waals surface area (Å²) < 4.78 is 6.27. The van der Waals surface area contributed by atoms with Crippen molar-refractivity contribution in [3.8, 4) is 5.75 Å². The molecule has 0 aliphatic carbocycles. The van der Waals surface area contributed by atoms with Crippen molar-refractivity contribution in [3.63, 3.8) is 0 Å². The highest BCUT2D eigenvalue weighted by Gasteiger charge is 2.12. The number of benzene rings is 2. The van der Waals surface area contributed by atoms with Crippen molar-refractivity contribution < 1.29 is 9.84 Å². The molecule has 2 nitrogen and oxygen atoms in total. The number of rotatable bonds is 5. The van der Waals surface area contributed by atoms with Crippen molar-refractivity contribution >= 4 is 39.1 Å². The maximum Gasteiger partial charge on any atom is 0.122 e. The maximum absolute atomic E-state index is 10.3. The van der Waals surface area contributed by atoms with Crippen LogP contribution in [0.25, 0.3) is 0 Å². The average Bonchev–Trinajstić information content (AvgIpc) is 2.43. The fraction of sp³-hybridized carbons (Fsp3) is 0.250. The van der Waals surface area contributed by atoms with E-state index < -0.39 is 6.10 Å². The topological polar surface area (TPSA) is 29.5 Å². The van der Waals surface area contributed by atoms with Gasteiger partial charge in [0.25, 0.3) is 0 Å². The maximum atomic E-state index is 10.3. The SMILES string of the molecule is COc1ccc(Br)cc1CC(O)Cc1ccc(Cl)c(Cl)c1. The van der Waals surface area contributed by atoms with Gasteiger partial charge in [0.1, 0.15) is 5.75 Å². The molecule has 0 saturated heterocycles. The summed E-state index contributed by atoms with van der Waals surface area (Å²) >= 11 is 15.3. The van der Waals surface area contributed by atoms with Crippen LogP contribution < -0.4 is 4.74 Å². The van der Waals surface area contributed by atoms with Gasteiger partial charge in [-0.05, 0) is 47.9 Å². The summed E-state index contributed by atoms with van der Waals surface area (Å²) in [4.78, 5) is 0. The summed E-state index contributed by atoms with van der Waals surface area (Å²) in [5, 5.41) is 11.3. The second kappa shape index (κ2) is 7.50. The molecular formula is C16H15BrCl2O2. The number of ether oxygens (including phenoxy) is 1. The molecule has 0 bridgehead atoms. The molecule has 5 heteroatoms. The molecule has 2 aromatic rings. The highest BCUT2D eigenvalue weighted by atomic mass is 79.9. The van der Waals surface area contributed by atoms with E-state index >= 15 is 0 Å². The zero-order valence-corrected chi connectivity index (χ0v) is 14.5. The Hall–Kier alpha value is -0.740. The Labute approximate surface area is 142 Å². The Bertz CT molecular complexity index is 632. The standard InChI is InChI=1S/C16H15BrCl2O2/c1-21-16-5-3-12(17)8-11(16)9-13(20)6-10-2-4-14(18)15(19)7-10/h2-5,7-8,13,20H,6,9H2,1H3. The van der Waals surface area contributed by atoms with E-state index in [1.54, 1.807) is 19.2 Å². The van der Waals surface area contributed by atoms with Crippen molar-refractivity contribution in [3.05, 3.63) is 62.0 Å². The lowest BCUT2D eigenvalue weighted by Crippen LogP contribution is -2.14. The Balaban J connectivity index is 2.09. The van der Waals surface area contributed by atoms with E-state index in [4.69, 9.17) is 27.9 Å². The minimum absolute atomic E-state index is 0.501. The first-order valence-electron chi connectivity index (χ1n) is 6.44. The number of aliphatic hydroxyl groups excluding tert-OH is 1. The van der Waals surface area contributed by atoms with E-state index in [2.05, 4.69) is 15.9 Å². The van der Waals surface area contributed by atoms with Gasteiger partial charge in [0.2, 0.25) is 0 Å². The van der Waals surface area contributed by atoms with Gasteiger partial charge in [-0.25, -0.2) is 0 Å². The zero-order valence-electron chi connectivity index (χ0n) is 11.4. The molecule has 0 fully saturated rings. The molecule has 2 aromatic carbocycles. The van der Waals surface area contributed by atoms with E-state index in [0.717, 1.165) is 21.3 Å². The van der Waals surface area contributed by atoms with Gasteiger partial charge in [0, 0.05) is 10.9 Å². The third kappa shape index (κ3) is 4.62. The van der Waals surface area contributed by atoms with E-state index in [-0.39, 0.29) is 0 Å². The monoisotopic (exact) mass is 388 g/mol. The van der Waals surface area contributed by atoms with Gasteiger partial charge in [-0.3, -0.25) is 0 Å². The molecule has 0 spiro atoms. The van der Waals surface area contributed by atoms with Gasteiger partial charge in [-0.1, -0.05) is 45.2 Å². The molecule has 0 aliphatic heterocycles. The molecule has 0 saturated carbocycles. The van der Waals surface area contributed by atoms with Crippen LogP contribution in [0.1, 0.15) is 11.1 Å². The molecule has 0 heterocycles. The van der Waals surface area contributed by atoms with Gasteiger partial charge in [0.15, 0.2) is 0 Å². The predicted octanol–water partition coefficient (Wildman–Crippen LogP) is 4.91. The lowest BCUT2D eigenvalue weighted by atomic mass is 10.0. The Morgan fingerprint density at radius 3 is 2.52 bits per heavy atom. The van der Waals surface area contributed by atoms with Crippen LogP contribution >= 0.6 is 39.1 Å². The van der Waals surface area contributed by atoms with Crippen molar-refractivity contribution in [1.82, 2.24) is 0 Å². The summed E-state index contributed by atoms with van der Waals surface area (Å²) in [5.41, 5.74) is 1.91. The van der Waals surface area contributed by atoms with E-state index in [9.17, 15) is 5.11 Å². The lowest BCUT2D eigenvalue weighted by molar-refractivity contribution is 0.174. The molecule has 0 aromatic heterocycles. The Kier molecular flexibility index (Phi) is 5.94. The summed E-state index contributed by atoms with van der Waals surface area (Å²) in [6.07, 6.45) is 0.487. The Morgan fingerprint density at radius 2 is 1.86 bits per heavy atom. The van der Waals surface area contributed by atoms with Crippen LogP contribution in [0.15, 0.2) is 40.9 Å². The van der Waals surface area contributed by atoms with Gasteiger partial charge < -0.3 is 9.84 Å². The largest absolute Gasteiger partial charge is 0.496 e. The average molecular weight is 390 g/mol. The number of hydrogen-bond acceptors (Lipinski definition) is 2. The second-order valence-electron chi connectivity index (χ2n) is 4.77. The first-order valence-corrected chi connectivity index (χ1v) is 7.99. The van der Waals surface area contributed by atoms with Crippen LogP contribution in [0.2, 0.25) is 10.0 Å². The Morgan fingerprint density at radius 1 is 1.10 bits per heavy atom. The fourth-order valence-electron chi connectivity index (χ4n) is 2.17. The molecule has 0 aliphatic rings. The van der Waals surface area contributed by atoms with Crippen LogP contribution in [0, 0.1) is 0 Å². The summed E-state index contributed by atoms with van der Waals surface area (Å²) in [5.74, 6) is 0.770. The molecule has 2 rings (SSSR count). The molecule has 21 heavy (non-hydrogen) atoms. The summed E-state index contributed by atoms with van der Waals surface area (Å²) in [6, 6.07) is 11.1. The smallest absolute Gasteiger partial charge is 0.122 e. The van der Waals surface area contributed by atoms with E-state index in [1.165, 1.54) is 0 Å². The third-order valence-electron chi connectivity index (χ3n) is 3.15. The molecule has 1 atom stereocenters. The van der Waals surface area contributed by atoms with Gasteiger partial charge in [-0.2, -0.15) is 0 Å². The summed E-state index contributed by atoms with van der Waals surface area (Å²) in [7, 11) is 1.62. The van der Waals surface area contributed by atoms with Gasteiger partial charge >= 0.3 is 0 Å². The summed E-state index contributed by atoms with van der Waals surface area (Å²) in [6.45, 7) is 0. The van der Waals surface area contributed by atoms with Crippen molar-refractivity contribution in [2.75, 3.05) is 7.11 Å². The molecular weight excluding hydrogens is 375 g/mol. The fourth-order valence-corrected chi connectivity index (χ4v) is 2.90. The first-order chi connectivity index (χ1) is 9.99. The number of hydrogen-bond donors (Lipinski definition) is 1. The molecule has 112 valence electrons. The zero-order chi connectivity index (χ0) is 15.4.